The Balaban J connectivity index is 1.89. The first-order valence-electron chi connectivity index (χ1n) is 6.96. The standard InChI is InChI=1S/C17H13BrN2O3/c1-11-6-7-15(12(18)8-11)23-17(22)10-20-14-5-3-2-4-13(14)19-9-16(20)21/h2-9H,10H2,1H3. The van der Waals surface area contributed by atoms with Crippen molar-refractivity contribution >= 4 is 32.9 Å². The minimum atomic E-state index is -0.520. The summed E-state index contributed by atoms with van der Waals surface area (Å²) in [5, 5.41) is 0. The van der Waals surface area contributed by atoms with E-state index in [0.717, 1.165) is 5.56 Å². The van der Waals surface area contributed by atoms with Gasteiger partial charge in [0.05, 0.1) is 21.7 Å². The molecule has 0 aliphatic heterocycles. The van der Waals surface area contributed by atoms with E-state index in [1.165, 1.54) is 10.8 Å². The topological polar surface area (TPSA) is 61.2 Å². The Labute approximate surface area is 140 Å². The van der Waals surface area contributed by atoms with Crippen molar-refractivity contribution in [3.63, 3.8) is 0 Å². The van der Waals surface area contributed by atoms with Crippen LogP contribution in [0.4, 0.5) is 0 Å². The van der Waals surface area contributed by atoms with Gasteiger partial charge in [-0.25, -0.2) is 9.78 Å². The van der Waals surface area contributed by atoms with E-state index < -0.39 is 5.97 Å². The Morgan fingerprint density at radius 2 is 2.04 bits per heavy atom. The summed E-state index contributed by atoms with van der Waals surface area (Å²) >= 11 is 3.36. The zero-order valence-electron chi connectivity index (χ0n) is 12.3. The molecule has 0 N–H and O–H groups in total. The Kier molecular flexibility index (Phi) is 4.25. The summed E-state index contributed by atoms with van der Waals surface area (Å²) in [5.74, 6) is -0.0972. The minimum Gasteiger partial charge on any atom is -0.424 e. The van der Waals surface area contributed by atoms with Gasteiger partial charge in [0.25, 0.3) is 5.56 Å². The van der Waals surface area contributed by atoms with Crippen LogP contribution in [0.1, 0.15) is 5.56 Å². The smallest absolute Gasteiger partial charge is 0.331 e. The highest BCUT2D eigenvalue weighted by Crippen LogP contribution is 2.26. The van der Waals surface area contributed by atoms with Gasteiger partial charge in [-0.1, -0.05) is 18.2 Å². The summed E-state index contributed by atoms with van der Waals surface area (Å²) in [7, 11) is 0. The fourth-order valence-corrected chi connectivity index (χ4v) is 2.82. The number of aromatic nitrogens is 2. The molecule has 2 aromatic carbocycles. The van der Waals surface area contributed by atoms with Crippen molar-refractivity contribution in [2.45, 2.75) is 13.5 Å². The highest BCUT2D eigenvalue weighted by atomic mass is 79.9. The van der Waals surface area contributed by atoms with E-state index in [1.54, 1.807) is 24.3 Å². The number of benzene rings is 2. The lowest BCUT2D eigenvalue weighted by molar-refractivity contribution is -0.135. The first kappa shape index (κ1) is 15.4. The number of hydrogen-bond acceptors (Lipinski definition) is 4. The molecule has 0 spiro atoms. The zero-order valence-corrected chi connectivity index (χ0v) is 13.9. The number of halogens is 1. The largest absolute Gasteiger partial charge is 0.424 e. The third kappa shape index (κ3) is 3.32. The van der Waals surface area contributed by atoms with Crippen molar-refractivity contribution in [3.8, 4) is 5.75 Å². The van der Waals surface area contributed by atoms with Crippen molar-refractivity contribution < 1.29 is 9.53 Å². The average Bonchev–Trinajstić information content (AvgIpc) is 2.53. The molecule has 116 valence electrons. The molecule has 0 saturated carbocycles. The van der Waals surface area contributed by atoms with Gasteiger partial charge in [0.15, 0.2) is 0 Å². The van der Waals surface area contributed by atoms with Gasteiger partial charge in [-0.05, 0) is 52.7 Å². The van der Waals surface area contributed by atoms with Crippen molar-refractivity contribution in [2.24, 2.45) is 0 Å². The van der Waals surface area contributed by atoms with E-state index in [4.69, 9.17) is 4.74 Å². The Bertz CT molecular complexity index is 950. The van der Waals surface area contributed by atoms with Crippen molar-refractivity contribution in [1.82, 2.24) is 9.55 Å². The average molecular weight is 373 g/mol. The van der Waals surface area contributed by atoms with E-state index in [1.807, 2.05) is 25.1 Å². The summed E-state index contributed by atoms with van der Waals surface area (Å²) in [6.45, 7) is 1.77. The summed E-state index contributed by atoms with van der Waals surface area (Å²) in [6, 6.07) is 12.6. The maximum atomic E-state index is 12.2. The summed E-state index contributed by atoms with van der Waals surface area (Å²) in [4.78, 5) is 28.3. The number of ether oxygens (including phenoxy) is 1. The van der Waals surface area contributed by atoms with Gasteiger partial charge in [-0.2, -0.15) is 0 Å². The molecule has 0 radical (unpaired) electrons. The highest BCUT2D eigenvalue weighted by molar-refractivity contribution is 9.10. The maximum Gasteiger partial charge on any atom is 0.331 e. The lowest BCUT2D eigenvalue weighted by atomic mass is 10.2. The second-order valence-corrected chi connectivity index (χ2v) is 5.93. The minimum absolute atomic E-state index is 0.178. The number of hydrogen-bond donors (Lipinski definition) is 0. The number of para-hydroxylation sites is 2. The quantitative estimate of drug-likeness (QED) is 0.523. The van der Waals surface area contributed by atoms with Crippen LogP contribution in [-0.4, -0.2) is 15.5 Å². The number of carbonyl (C=O) groups is 1. The molecule has 0 saturated heterocycles. The number of rotatable bonds is 3. The van der Waals surface area contributed by atoms with Crippen LogP contribution in [-0.2, 0) is 11.3 Å². The molecule has 23 heavy (non-hydrogen) atoms. The van der Waals surface area contributed by atoms with Gasteiger partial charge >= 0.3 is 5.97 Å². The second kappa shape index (κ2) is 6.34. The molecule has 5 nitrogen and oxygen atoms in total. The molecule has 6 heteroatoms. The third-order valence-electron chi connectivity index (χ3n) is 3.35. The fourth-order valence-electron chi connectivity index (χ4n) is 2.25. The highest BCUT2D eigenvalue weighted by Gasteiger charge is 2.12. The van der Waals surface area contributed by atoms with Crippen molar-refractivity contribution in [3.05, 3.63) is 69.1 Å². The van der Waals surface area contributed by atoms with E-state index in [0.29, 0.717) is 21.3 Å². The van der Waals surface area contributed by atoms with Crippen molar-refractivity contribution in [2.75, 3.05) is 0 Å². The Morgan fingerprint density at radius 3 is 2.83 bits per heavy atom. The van der Waals surface area contributed by atoms with Gasteiger partial charge in [0.2, 0.25) is 0 Å². The molecular formula is C17H13BrN2O3. The van der Waals surface area contributed by atoms with Gasteiger partial charge in [-0.15, -0.1) is 0 Å². The number of aryl methyl sites for hydroxylation is 1. The first-order chi connectivity index (χ1) is 11.0. The van der Waals surface area contributed by atoms with Crippen LogP contribution >= 0.6 is 15.9 Å². The molecule has 3 rings (SSSR count). The molecule has 0 aliphatic carbocycles. The maximum absolute atomic E-state index is 12.2. The van der Waals surface area contributed by atoms with Crippen LogP contribution < -0.4 is 10.3 Å². The van der Waals surface area contributed by atoms with Crippen LogP contribution in [0, 0.1) is 6.92 Å². The van der Waals surface area contributed by atoms with Crippen LogP contribution in [0.15, 0.2) is 57.9 Å². The molecule has 0 fully saturated rings. The summed E-state index contributed by atoms with van der Waals surface area (Å²) < 4.78 is 7.39. The summed E-state index contributed by atoms with van der Waals surface area (Å²) in [5.41, 5.74) is 1.95. The van der Waals surface area contributed by atoms with E-state index in [-0.39, 0.29) is 12.1 Å². The predicted octanol–water partition coefficient (Wildman–Crippen LogP) is 3.07. The van der Waals surface area contributed by atoms with Crippen LogP contribution in [0.3, 0.4) is 0 Å². The van der Waals surface area contributed by atoms with E-state index >= 15 is 0 Å². The lowest BCUT2D eigenvalue weighted by Crippen LogP contribution is -2.27. The molecule has 0 bridgehead atoms. The number of nitrogens with zero attached hydrogens (tertiary/aromatic N) is 2. The van der Waals surface area contributed by atoms with Crippen LogP contribution in [0.5, 0.6) is 5.75 Å². The molecule has 0 unspecified atom stereocenters. The SMILES string of the molecule is Cc1ccc(OC(=O)Cn2c(=O)cnc3ccccc32)c(Br)c1. The van der Waals surface area contributed by atoms with Crippen LogP contribution in [0.25, 0.3) is 11.0 Å². The number of esters is 1. The Morgan fingerprint density at radius 1 is 1.26 bits per heavy atom. The molecule has 1 aromatic heterocycles. The van der Waals surface area contributed by atoms with Gasteiger partial charge in [-0.3, -0.25) is 9.36 Å². The van der Waals surface area contributed by atoms with E-state index in [9.17, 15) is 9.59 Å². The second-order valence-electron chi connectivity index (χ2n) is 5.08. The fraction of sp³-hybridized carbons (Fsp3) is 0.118. The third-order valence-corrected chi connectivity index (χ3v) is 3.97. The predicted molar refractivity (Wildman–Crippen MR) is 90.5 cm³/mol. The monoisotopic (exact) mass is 372 g/mol. The van der Waals surface area contributed by atoms with Gasteiger partial charge in [0.1, 0.15) is 12.3 Å². The van der Waals surface area contributed by atoms with E-state index in [2.05, 4.69) is 20.9 Å². The Hall–Kier alpha value is -2.47. The lowest BCUT2D eigenvalue weighted by Gasteiger charge is -2.10. The number of carbonyl (C=O) groups excluding carboxylic acids is 1. The number of fused-ring (bicyclic) bond motifs is 1. The molecule has 0 atom stereocenters. The molecule has 0 aliphatic rings. The zero-order chi connectivity index (χ0) is 16.4. The molecule has 3 aromatic rings. The normalized spacial score (nSPS) is 10.7. The van der Waals surface area contributed by atoms with Crippen molar-refractivity contribution in [1.29, 1.82) is 0 Å². The van der Waals surface area contributed by atoms with Gasteiger partial charge in [0, 0.05) is 0 Å². The molecular weight excluding hydrogens is 360 g/mol. The summed E-state index contributed by atoms with van der Waals surface area (Å²) in [6.07, 6.45) is 1.21. The van der Waals surface area contributed by atoms with Crippen LogP contribution in [0.2, 0.25) is 0 Å². The molecule has 1 heterocycles. The molecule has 0 amide bonds. The van der Waals surface area contributed by atoms with Gasteiger partial charge < -0.3 is 4.74 Å². The first-order valence-corrected chi connectivity index (χ1v) is 7.75.